The number of rotatable bonds is 11. The minimum absolute atomic E-state index is 0.410. The Balaban J connectivity index is 1.69. The molecule has 0 aromatic heterocycles. The van der Waals surface area contributed by atoms with E-state index in [0.717, 1.165) is 6.54 Å². The van der Waals surface area contributed by atoms with E-state index in [1.54, 1.807) is 7.11 Å². The van der Waals surface area contributed by atoms with Crippen LogP contribution in [0, 0.1) is 0 Å². The van der Waals surface area contributed by atoms with Gasteiger partial charge in [0.1, 0.15) is 0 Å². The molecule has 5 heteroatoms. The molecule has 1 rings (SSSR count). The molecule has 1 aliphatic carbocycles. The first kappa shape index (κ1) is 14.9. The van der Waals surface area contributed by atoms with Crippen molar-refractivity contribution in [2.45, 2.75) is 31.8 Å². The molecule has 0 aromatic carbocycles. The van der Waals surface area contributed by atoms with Crippen LogP contribution in [0.25, 0.3) is 0 Å². The Kier molecular flexibility index (Phi) is 9.55. The van der Waals surface area contributed by atoms with Gasteiger partial charge in [-0.05, 0) is 12.8 Å². The topological polar surface area (TPSA) is 49.0 Å². The van der Waals surface area contributed by atoms with Gasteiger partial charge < -0.3 is 14.2 Å². The van der Waals surface area contributed by atoms with Crippen molar-refractivity contribution in [2.75, 3.05) is 46.7 Å². The Morgan fingerprint density at radius 2 is 1.59 bits per heavy atom. The summed E-state index contributed by atoms with van der Waals surface area (Å²) in [5, 5.41) is 0. The average Bonchev–Trinajstić information content (AvgIpc) is 2.85. The second-order valence-electron chi connectivity index (χ2n) is 4.14. The van der Waals surface area contributed by atoms with Crippen molar-refractivity contribution in [1.82, 2.24) is 5.48 Å². The fraction of sp³-hybridized carbons (Fsp3) is 1.00. The van der Waals surface area contributed by atoms with E-state index in [4.69, 9.17) is 19.0 Å². The van der Waals surface area contributed by atoms with Crippen LogP contribution in [0.5, 0.6) is 0 Å². The zero-order valence-corrected chi connectivity index (χ0v) is 10.8. The highest BCUT2D eigenvalue weighted by Crippen LogP contribution is 2.19. The molecular weight excluding hydrogens is 222 g/mol. The summed E-state index contributed by atoms with van der Waals surface area (Å²) < 4.78 is 15.5. The van der Waals surface area contributed by atoms with Crippen molar-refractivity contribution in [3.63, 3.8) is 0 Å². The van der Waals surface area contributed by atoms with Crippen molar-refractivity contribution in [1.29, 1.82) is 0 Å². The largest absolute Gasteiger partial charge is 0.382 e. The molecule has 0 amide bonds. The van der Waals surface area contributed by atoms with Gasteiger partial charge in [-0.1, -0.05) is 12.8 Å². The molecule has 102 valence electrons. The minimum Gasteiger partial charge on any atom is -0.382 e. The van der Waals surface area contributed by atoms with Gasteiger partial charge >= 0.3 is 0 Å². The van der Waals surface area contributed by atoms with Crippen LogP contribution >= 0.6 is 0 Å². The van der Waals surface area contributed by atoms with Gasteiger partial charge in [0.25, 0.3) is 0 Å². The number of methoxy groups -OCH3 is 1. The SMILES string of the molecule is COCCOCCOCCNOC1CCCC1. The second-order valence-corrected chi connectivity index (χ2v) is 4.14. The molecule has 0 atom stereocenters. The van der Waals surface area contributed by atoms with Crippen LogP contribution in [0.1, 0.15) is 25.7 Å². The van der Waals surface area contributed by atoms with Gasteiger partial charge in [-0.15, -0.1) is 0 Å². The Labute approximate surface area is 104 Å². The molecule has 0 radical (unpaired) electrons. The minimum atomic E-state index is 0.410. The predicted octanol–water partition coefficient (Wildman–Crippen LogP) is 1.13. The molecule has 0 saturated heterocycles. The van der Waals surface area contributed by atoms with Crippen LogP contribution in [0.15, 0.2) is 0 Å². The van der Waals surface area contributed by atoms with Crippen LogP contribution in [-0.4, -0.2) is 52.8 Å². The second kappa shape index (κ2) is 10.9. The van der Waals surface area contributed by atoms with E-state index in [0.29, 0.717) is 39.1 Å². The van der Waals surface area contributed by atoms with Gasteiger partial charge in [-0.3, -0.25) is 4.84 Å². The van der Waals surface area contributed by atoms with Crippen LogP contribution in [0.2, 0.25) is 0 Å². The summed E-state index contributed by atoms with van der Waals surface area (Å²) in [4.78, 5) is 5.48. The van der Waals surface area contributed by atoms with Gasteiger partial charge in [-0.2, -0.15) is 5.48 Å². The lowest BCUT2D eigenvalue weighted by atomic mass is 10.3. The van der Waals surface area contributed by atoms with Crippen LogP contribution in [-0.2, 0) is 19.0 Å². The Morgan fingerprint density at radius 1 is 0.941 bits per heavy atom. The Bertz CT molecular complexity index is 163. The van der Waals surface area contributed by atoms with E-state index in [1.807, 2.05) is 0 Å². The van der Waals surface area contributed by atoms with Crippen LogP contribution < -0.4 is 5.48 Å². The van der Waals surface area contributed by atoms with E-state index < -0.39 is 0 Å². The maximum Gasteiger partial charge on any atom is 0.0790 e. The third-order valence-electron chi connectivity index (χ3n) is 2.70. The van der Waals surface area contributed by atoms with Crippen LogP contribution in [0.4, 0.5) is 0 Å². The maximum atomic E-state index is 5.48. The number of hydrogen-bond acceptors (Lipinski definition) is 5. The third-order valence-corrected chi connectivity index (χ3v) is 2.70. The third kappa shape index (κ3) is 8.51. The average molecular weight is 247 g/mol. The highest BCUT2D eigenvalue weighted by atomic mass is 16.7. The van der Waals surface area contributed by atoms with Crippen molar-refractivity contribution in [3.05, 3.63) is 0 Å². The molecule has 0 unspecified atom stereocenters. The summed E-state index contributed by atoms with van der Waals surface area (Å²) in [5.74, 6) is 0. The molecule has 0 bridgehead atoms. The molecule has 1 saturated carbocycles. The molecule has 0 heterocycles. The fourth-order valence-corrected chi connectivity index (χ4v) is 1.76. The van der Waals surface area contributed by atoms with Gasteiger partial charge in [0, 0.05) is 13.7 Å². The standard InChI is InChI=1S/C12H25NO4/c1-14-8-9-16-11-10-15-7-6-13-17-12-4-2-3-5-12/h12-13H,2-11H2,1H3. The van der Waals surface area contributed by atoms with Crippen molar-refractivity contribution in [2.24, 2.45) is 0 Å². The fourth-order valence-electron chi connectivity index (χ4n) is 1.76. The normalized spacial score (nSPS) is 16.8. The summed E-state index contributed by atoms with van der Waals surface area (Å²) in [6, 6.07) is 0. The van der Waals surface area contributed by atoms with Gasteiger partial charge in [0.15, 0.2) is 0 Å². The zero-order chi connectivity index (χ0) is 12.2. The highest BCUT2D eigenvalue weighted by Gasteiger charge is 2.14. The first-order chi connectivity index (χ1) is 8.43. The highest BCUT2D eigenvalue weighted by molar-refractivity contribution is 4.65. The first-order valence-corrected chi connectivity index (χ1v) is 6.46. The van der Waals surface area contributed by atoms with E-state index in [1.165, 1.54) is 25.7 Å². The first-order valence-electron chi connectivity index (χ1n) is 6.46. The monoisotopic (exact) mass is 247 g/mol. The smallest absolute Gasteiger partial charge is 0.0790 e. The van der Waals surface area contributed by atoms with E-state index in [-0.39, 0.29) is 0 Å². The quantitative estimate of drug-likeness (QED) is 0.438. The molecule has 0 spiro atoms. The Hall–Kier alpha value is -0.200. The molecular formula is C12H25NO4. The number of ether oxygens (including phenoxy) is 3. The molecule has 5 nitrogen and oxygen atoms in total. The number of hydrogen-bond donors (Lipinski definition) is 1. The molecule has 1 fully saturated rings. The van der Waals surface area contributed by atoms with E-state index in [2.05, 4.69) is 5.48 Å². The summed E-state index contributed by atoms with van der Waals surface area (Å²) >= 11 is 0. The zero-order valence-electron chi connectivity index (χ0n) is 10.8. The van der Waals surface area contributed by atoms with Crippen molar-refractivity contribution < 1.29 is 19.0 Å². The molecule has 0 aromatic rings. The summed E-state index contributed by atoms with van der Waals surface area (Å²) in [7, 11) is 1.66. The molecule has 1 aliphatic rings. The maximum absolute atomic E-state index is 5.48. The van der Waals surface area contributed by atoms with Gasteiger partial charge in [0.05, 0.1) is 39.1 Å². The predicted molar refractivity (Wildman–Crippen MR) is 64.9 cm³/mol. The van der Waals surface area contributed by atoms with Gasteiger partial charge in [-0.25, -0.2) is 0 Å². The van der Waals surface area contributed by atoms with Gasteiger partial charge in [0.2, 0.25) is 0 Å². The number of nitrogens with one attached hydrogen (secondary N) is 1. The molecule has 0 aliphatic heterocycles. The van der Waals surface area contributed by atoms with Crippen LogP contribution in [0.3, 0.4) is 0 Å². The number of hydroxylamine groups is 1. The molecule has 17 heavy (non-hydrogen) atoms. The summed E-state index contributed by atoms with van der Waals surface area (Å²) in [5.41, 5.74) is 2.95. The van der Waals surface area contributed by atoms with E-state index in [9.17, 15) is 0 Å². The van der Waals surface area contributed by atoms with Crippen molar-refractivity contribution >= 4 is 0 Å². The Morgan fingerprint density at radius 3 is 2.29 bits per heavy atom. The molecule has 1 N–H and O–H groups in total. The van der Waals surface area contributed by atoms with Crippen molar-refractivity contribution in [3.8, 4) is 0 Å². The lowest BCUT2D eigenvalue weighted by molar-refractivity contribution is -0.0359. The summed E-state index contributed by atoms with van der Waals surface area (Å²) in [6.45, 7) is 3.89. The lowest BCUT2D eigenvalue weighted by Gasteiger charge is -2.11. The summed E-state index contributed by atoms with van der Waals surface area (Å²) in [6.07, 6.45) is 5.36. The lowest BCUT2D eigenvalue weighted by Crippen LogP contribution is -2.25. The van der Waals surface area contributed by atoms with E-state index >= 15 is 0 Å².